The molecule has 260 valence electrons. The van der Waals surface area contributed by atoms with Crippen LogP contribution < -0.4 is 10.6 Å². The molecule has 11 nitrogen and oxygen atoms in total. The van der Waals surface area contributed by atoms with Gasteiger partial charge in [0.15, 0.2) is 11.4 Å². The van der Waals surface area contributed by atoms with E-state index in [1.807, 2.05) is 55.6 Å². The third-order valence-electron chi connectivity index (χ3n) is 10.2. The molecule has 1 fully saturated rings. The summed E-state index contributed by atoms with van der Waals surface area (Å²) in [5.41, 5.74) is 6.18. The Morgan fingerprint density at radius 3 is 2.80 bits per heavy atom. The molecular weight excluding hydrogens is 642 g/mol. The van der Waals surface area contributed by atoms with Crippen LogP contribution in [0.2, 0.25) is 0 Å². The largest absolute Gasteiger partial charge is 0.481 e. The van der Waals surface area contributed by atoms with Crippen molar-refractivity contribution in [2.45, 2.75) is 51.9 Å². The number of anilines is 1. The first-order valence-corrected chi connectivity index (χ1v) is 17.3. The first-order valence-electron chi connectivity index (χ1n) is 17.3. The van der Waals surface area contributed by atoms with Gasteiger partial charge in [0.25, 0.3) is 0 Å². The van der Waals surface area contributed by atoms with Gasteiger partial charge in [-0.25, -0.2) is 9.97 Å². The summed E-state index contributed by atoms with van der Waals surface area (Å²) in [6, 6.07) is 18.3. The van der Waals surface area contributed by atoms with Crippen molar-refractivity contribution in [2.24, 2.45) is 11.8 Å². The van der Waals surface area contributed by atoms with Crippen molar-refractivity contribution in [3.63, 3.8) is 0 Å². The summed E-state index contributed by atoms with van der Waals surface area (Å²) in [5, 5.41) is 37.1. The van der Waals surface area contributed by atoms with Gasteiger partial charge in [-0.05, 0) is 85.0 Å². The number of nitrogens with one attached hydrogen (secondary N) is 2. The van der Waals surface area contributed by atoms with E-state index in [2.05, 4.69) is 59.7 Å². The number of pyridine rings is 2. The molecule has 1 saturated heterocycles. The van der Waals surface area contributed by atoms with Crippen LogP contribution in [0.3, 0.4) is 0 Å². The fraction of sp³-hybridized carbons (Fsp3) is 0.325. The molecule has 0 saturated carbocycles. The van der Waals surface area contributed by atoms with Crippen molar-refractivity contribution >= 4 is 39.4 Å². The Balaban J connectivity index is 1.31. The smallest absolute Gasteiger partial charge is 0.307 e. The molecule has 7 rings (SSSR count). The number of hydrogen-bond donors (Lipinski definition) is 4. The molecule has 4 heterocycles. The van der Waals surface area contributed by atoms with Crippen LogP contribution in [-0.2, 0) is 23.4 Å². The molecule has 3 unspecified atom stereocenters. The Morgan fingerprint density at radius 1 is 1.20 bits per heavy atom. The molecule has 3 aromatic heterocycles. The molecule has 1 aliphatic carbocycles. The van der Waals surface area contributed by atoms with Crippen LogP contribution >= 0.6 is 0 Å². The van der Waals surface area contributed by atoms with E-state index in [-0.39, 0.29) is 24.5 Å². The van der Waals surface area contributed by atoms with Crippen molar-refractivity contribution in [3.05, 3.63) is 113 Å². The summed E-state index contributed by atoms with van der Waals surface area (Å²) >= 11 is 0. The van der Waals surface area contributed by atoms with Gasteiger partial charge in [0, 0.05) is 49.4 Å². The number of aliphatic carboxylic acids is 1. The Kier molecular flexibility index (Phi) is 9.40. The predicted octanol–water partition coefficient (Wildman–Crippen LogP) is 5.92. The van der Waals surface area contributed by atoms with E-state index in [1.54, 1.807) is 6.20 Å². The summed E-state index contributed by atoms with van der Waals surface area (Å²) in [4.78, 5) is 28.4. The second kappa shape index (κ2) is 14.1. The molecule has 1 aliphatic heterocycles. The fourth-order valence-corrected chi connectivity index (χ4v) is 7.24. The van der Waals surface area contributed by atoms with E-state index in [0.717, 1.165) is 33.2 Å². The number of hydrogen-bond acceptors (Lipinski definition) is 10. The van der Waals surface area contributed by atoms with E-state index in [0.29, 0.717) is 66.5 Å². The molecule has 0 spiro atoms. The first kappa shape index (κ1) is 34.1. The number of aliphatic hydroxyl groups is 1. The number of likely N-dealkylation sites (tertiary alicyclic amines) is 1. The van der Waals surface area contributed by atoms with Gasteiger partial charge in [0.05, 0.1) is 18.1 Å². The third kappa shape index (κ3) is 6.61. The molecule has 0 radical (unpaired) electrons. The van der Waals surface area contributed by atoms with Crippen molar-refractivity contribution in [2.75, 3.05) is 25.0 Å². The number of carbonyl (C=O) groups is 1. The zero-order valence-electron chi connectivity index (χ0n) is 28.9. The van der Waals surface area contributed by atoms with Crippen molar-refractivity contribution < 1.29 is 19.4 Å². The minimum atomic E-state index is -1.03. The Hall–Kier alpha value is -5.41. The van der Waals surface area contributed by atoms with Crippen LogP contribution in [0.25, 0.3) is 27.6 Å². The Bertz CT molecular complexity index is 2220. The number of fused-ring (bicyclic) bond motifs is 2. The second-order valence-electron chi connectivity index (χ2n) is 13.7. The highest BCUT2D eigenvalue weighted by molar-refractivity contribution is 5.89. The molecule has 2 aromatic carbocycles. The maximum atomic E-state index is 11.6. The quantitative estimate of drug-likeness (QED) is 0.131. The average molecular weight is 684 g/mol. The number of aryl methyl sites for hydroxylation is 1. The van der Waals surface area contributed by atoms with Crippen molar-refractivity contribution in [3.8, 4) is 6.07 Å². The van der Waals surface area contributed by atoms with Crippen LogP contribution in [0.5, 0.6) is 0 Å². The lowest BCUT2D eigenvalue weighted by atomic mass is 9.73. The van der Waals surface area contributed by atoms with Gasteiger partial charge in [-0.2, -0.15) is 5.26 Å². The topological polar surface area (TPSA) is 160 Å². The molecule has 51 heavy (non-hydrogen) atoms. The molecule has 4 N–H and O–H groups in total. The molecule has 2 aliphatic rings. The monoisotopic (exact) mass is 683 g/mol. The van der Waals surface area contributed by atoms with E-state index in [9.17, 15) is 20.3 Å². The van der Waals surface area contributed by atoms with E-state index in [1.165, 1.54) is 0 Å². The van der Waals surface area contributed by atoms with Crippen LogP contribution in [-0.4, -0.2) is 61.8 Å². The van der Waals surface area contributed by atoms with Gasteiger partial charge in [-0.1, -0.05) is 43.3 Å². The van der Waals surface area contributed by atoms with Gasteiger partial charge < -0.3 is 25.3 Å². The van der Waals surface area contributed by atoms with Crippen LogP contribution in [0, 0.1) is 30.1 Å². The summed E-state index contributed by atoms with van der Waals surface area (Å²) in [6.45, 7) is 8.42. The zero-order chi connectivity index (χ0) is 35.7. The molecular formula is C40H41N7O4. The summed E-state index contributed by atoms with van der Waals surface area (Å²) in [6.07, 6.45) is 10.3. The fourth-order valence-electron chi connectivity index (χ4n) is 7.24. The Labute approximate surface area is 296 Å². The maximum Gasteiger partial charge on any atom is 0.307 e. The highest BCUT2D eigenvalue weighted by Crippen LogP contribution is 2.46. The molecule has 0 bridgehead atoms. The average Bonchev–Trinajstić information content (AvgIpc) is 3.80. The van der Waals surface area contributed by atoms with Gasteiger partial charge in [-0.15, -0.1) is 0 Å². The van der Waals surface area contributed by atoms with E-state index >= 15 is 0 Å². The van der Waals surface area contributed by atoms with Gasteiger partial charge in [-0.3, -0.25) is 14.7 Å². The number of benzene rings is 2. The SMILES string of the molecule is Cc1ccccc1C1=CC=CC(Nc2nccc3cc(CNC(C)CO)cnc23)(c2nc3cc(CN4CC[C@@H](C(=O)O)C4)cc(C#N)c3o2)C1C. The third-order valence-corrected chi connectivity index (χ3v) is 10.2. The van der Waals surface area contributed by atoms with Crippen molar-refractivity contribution in [1.82, 2.24) is 25.2 Å². The maximum absolute atomic E-state index is 11.6. The number of carboxylic acid groups (broad SMARTS) is 1. The zero-order valence-corrected chi connectivity index (χ0v) is 28.9. The number of rotatable bonds is 11. The highest BCUT2D eigenvalue weighted by Gasteiger charge is 2.45. The highest BCUT2D eigenvalue weighted by atomic mass is 16.4. The lowest BCUT2D eigenvalue weighted by molar-refractivity contribution is -0.141. The molecule has 4 atom stereocenters. The summed E-state index contributed by atoms with van der Waals surface area (Å²) < 4.78 is 6.62. The normalized spacial score (nSPS) is 21.1. The molecule has 0 amide bonds. The second-order valence-corrected chi connectivity index (χ2v) is 13.7. The lowest BCUT2D eigenvalue weighted by Gasteiger charge is -2.39. The Morgan fingerprint density at radius 2 is 2.04 bits per heavy atom. The van der Waals surface area contributed by atoms with E-state index < -0.39 is 11.5 Å². The number of nitriles is 1. The standard InChI is InChI=1S/C40H41N7O4/c1-24-7-4-5-8-32(24)33-9-6-12-40(26(33)3,46-37-35-29(10-13-42-37)16-28(20-44-35)19-43-25(2)23-48)39-45-34-17-27(15-31(18-41)36(34)51-39)21-47-14-11-30(22-47)38(49)50/h4-10,12-13,15-17,20,25-26,30,43,48H,11,14,19,21-23H2,1-3H3,(H,42,46)(H,49,50)/t25?,26?,30-,40?/m1/s1. The van der Waals surface area contributed by atoms with E-state index in [4.69, 9.17) is 19.4 Å². The minimum absolute atomic E-state index is 0.0382. The summed E-state index contributed by atoms with van der Waals surface area (Å²) in [7, 11) is 0. The molecule has 5 aromatic rings. The molecule has 11 heteroatoms. The number of aliphatic hydroxyl groups excluding tert-OH is 1. The minimum Gasteiger partial charge on any atom is -0.481 e. The number of carboxylic acids is 1. The number of nitrogens with zero attached hydrogens (tertiary/aromatic N) is 5. The number of oxazole rings is 1. The van der Waals surface area contributed by atoms with Crippen molar-refractivity contribution in [1.29, 1.82) is 5.26 Å². The van der Waals surface area contributed by atoms with Crippen LogP contribution in [0.15, 0.2) is 83.6 Å². The van der Waals surface area contributed by atoms with Crippen LogP contribution in [0.4, 0.5) is 5.82 Å². The first-order chi connectivity index (χ1) is 24.7. The number of allylic oxidation sites excluding steroid dienone is 2. The van der Waals surface area contributed by atoms with Gasteiger partial charge in [0.2, 0.25) is 5.89 Å². The lowest BCUT2D eigenvalue weighted by Crippen LogP contribution is -2.42. The number of aromatic nitrogens is 3. The van der Waals surface area contributed by atoms with Gasteiger partial charge >= 0.3 is 5.97 Å². The van der Waals surface area contributed by atoms with Crippen LogP contribution in [0.1, 0.15) is 54.0 Å². The predicted molar refractivity (Wildman–Crippen MR) is 195 cm³/mol. The van der Waals surface area contributed by atoms with Gasteiger partial charge in [0.1, 0.15) is 22.6 Å². The summed E-state index contributed by atoms with van der Waals surface area (Å²) in [5.74, 6) is -0.430.